The van der Waals surface area contributed by atoms with Crippen LogP contribution < -0.4 is 0 Å². The van der Waals surface area contributed by atoms with E-state index in [1.165, 1.54) is 0 Å². The van der Waals surface area contributed by atoms with Crippen LogP contribution in [-0.4, -0.2) is 9.13 Å². The van der Waals surface area contributed by atoms with Crippen molar-refractivity contribution in [1.82, 2.24) is 9.13 Å². The van der Waals surface area contributed by atoms with Crippen LogP contribution in [0.3, 0.4) is 0 Å². The fourth-order valence-electron chi connectivity index (χ4n) is 8.90. The molecule has 4 aromatic heterocycles. The van der Waals surface area contributed by atoms with E-state index >= 15 is 0 Å². The lowest BCUT2D eigenvalue weighted by molar-refractivity contribution is 0.668. The summed E-state index contributed by atoms with van der Waals surface area (Å²) in [5, 5.41) is 18.5. The average Bonchev–Trinajstić information content (AvgIpc) is 4.00. The maximum absolute atomic E-state index is 10.1. The van der Waals surface area contributed by atoms with E-state index in [0.717, 1.165) is 110 Å². The van der Waals surface area contributed by atoms with E-state index in [2.05, 4.69) is 105 Å². The van der Waals surface area contributed by atoms with Crippen LogP contribution in [0.25, 0.3) is 115 Å². The van der Waals surface area contributed by atoms with E-state index in [0.29, 0.717) is 11.3 Å². The van der Waals surface area contributed by atoms with E-state index in [4.69, 9.17) is 15.4 Å². The molecule has 56 heavy (non-hydrogen) atoms. The van der Waals surface area contributed by atoms with E-state index in [1.54, 1.807) is 0 Å². The summed E-state index contributed by atoms with van der Waals surface area (Å²) < 4.78 is 17.2. The van der Waals surface area contributed by atoms with Gasteiger partial charge >= 0.3 is 0 Å². The minimum Gasteiger partial charge on any atom is -0.456 e. The van der Waals surface area contributed by atoms with Gasteiger partial charge in [-0.3, -0.25) is 0 Å². The van der Waals surface area contributed by atoms with Gasteiger partial charge in [-0.05, 0) is 95.4 Å². The van der Waals surface area contributed by atoms with E-state index < -0.39 is 0 Å². The molecule has 0 atom stereocenters. The summed E-state index contributed by atoms with van der Waals surface area (Å²) in [5.41, 5.74) is 12.5. The first-order chi connectivity index (χ1) is 27.7. The second kappa shape index (κ2) is 11.2. The molecule has 0 fully saturated rings. The van der Waals surface area contributed by atoms with Crippen LogP contribution in [0.2, 0.25) is 0 Å². The van der Waals surface area contributed by atoms with Gasteiger partial charge in [-0.2, -0.15) is 5.26 Å². The maximum Gasteiger partial charge on any atom is 0.211 e. The normalized spacial score (nSPS) is 11.9. The molecule has 0 radical (unpaired) electrons. The molecular weight excluding hydrogens is 689 g/mol. The smallest absolute Gasteiger partial charge is 0.211 e. The molecule has 0 saturated heterocycles. The second-order valence-corrected chi connectivity index (χ2v) is 14.3. The van der Waals surface area contributed by atoms with Crippen molar-refractivity contribution in [3.8, 4) is 28.6 Å². The molecule has 0 spiro atoms. The Morgan fingerprint density at radius 3 is 1.46 bits per heavy atom. The standard InChI is InChI=1S/C50H26N4O2/c1-52-42-13-7-12-37-35-10-3-5-15-44(35)54(50(37)42)33-19-23-48-41(27-33)39-25-30(17-21-46(39)56-48)29-16-20-45-38(24-29)40-26-32(18-22-47(40)55-45)53-43-14-4-2-9-34(43)36-11-6-8-31(28-51)49(36)53/h2-27H. The summed E-state index contributed by atoms with van der Waals surface area (Å²) in [6, 6.07) is 56.2. The third-order valence-electron chi connectivity index (χ3n) is 11.4. The SMILES string of the molecule is [C-]#[N+]c1cccc2c3ccccc3n(-c3ccc4oc5ccc(-c6ccc7oc8ccc(-n9c%10ccccc%10c%10cccc(C#N)c%109)cc8c7c6)cc5c4c3)c12. The first-order valence-electron chi connectivity index (χ1n) is 18.4. The molecule has 0 aliphatic carbocycles. The lowest BCUT2D eigenvalue weighted by Gasteiger charge is -2.09. The summed E-state index contributed by atoms with van der Waals surface area (Å²) in [7, 11) is 0. The number of furan rings is 2. The van der Waals surface area contributed by atoms with Gasteiger partial charge in [0.05, 0.1) is 34.2 Å². The summed E-state index contributed by atoms with van der Waals surface area (Å²) in [5.74, 6) is 0. The van der Waals surface area contributed by atoms with Gasteiger partial charge in [0, 0.05) is 49.1 Å². The molecule has 0 aliphatic rings. The lowest BCUT2D eigenvalue weighted by atomic mass is 10.0. The molecule has 4 heterocycles. The summed E-state index contributed by atoms with van der Waals surface area (Å²) in [4.78, 5) is 3.90. The number of nitriles is 1. The van der Waals surface area contributed by atoms with Crippen LogP contribution >= 0.6 is 0 Å². The molecule has 12 aromatic rings. The molecule has 6 nitrogen and oxygen atoms in total. The number of para-hydroxylation sites is 4. The van der Waals surface area contributed by atoms with Crippen molar-refractivity contribution in [1.29, 1.82) is 5.26 Å². The highest BCUT2D eigenvalue weighted by atomic mass is 16.3. The number of rotatable bonds is 3. The van der Waals surface area contributed by atoms with Crippen molar-refractivity contribution in [3.05, 3.63) is 175 Å². The van der Waals surface area contributed by atoms with Crippen LogP contribution in [0.5, 0.6) is 0 Å². The molecule has 0 bridgehead atoms. The minimum atomic E-state index is 0.620. The Hall–Kier alpha value is -8.06. The third-order valence-corrected chi connectivity index (χ3v) is 11.4. The first kappa shape index (κ1) is 30.4. The second-order valence-electron chi connectivity index (χ2n) is 14.3. The predicted octanol–water partition coefficient (Wildman–Crippen LogP) is 13.8. The van der Waals surface area contributed by atoms with Crippen LogP contribution in [0.15, 0.2) is 167 Å². The lowest BCUT2D eigenvalue weighted by Crippen LogP contribution is -1.95. The number of aromatic nitrogens is 2. The highest BCUT2D eigenvalue weighted by Gasteiger charge is 2.19. The van der Waals surface area contributed by atoms with Crippen LogP contribution in [0.4, 0.5) is 5.69 Å². The quantitative estimate of drug-likeness (QED) is 0.171. The highest BCUT2D eigenvalue weighted by Crippen LogP contribution is 2.41. The molecule has 12 rings (SSSR count). The summed E-state index contributed by atoms with van der Waals surface area (Å²) >= 11 is 0. The molecule has 0 amide bonds. The Morgan fingerprint density at radius 2 is 0.911 bits per heavy atom. The fraction of sp³-hybridized carbons (Fsp3) is 0. The molecule has 6 heteroatoms. The van der Waals surface area contributed by atoms with Crippen LogP contribution in [0, 0.1) is 17.9 Å². The Morgan fingerprint density at radius 1 is 0.446 bits per heavy atom. The molecule has 8 aromatic carbocycles. The topological polar surface area (TPSA) is 64.3 Å². The van der Waals surface area contributed by atoms with Crippen molar-refractivity contribution < 1.29 is 8.83 Å². The Bertz CT molecular complexity index is 3500. The Kier molecular flexibility index (Phi) is 6.10. The van der Waals surface area contributed by atoms with E-state index in [-0.39, 0.29) is 0 Å². The van der Waals surface area contributed by atoms with E-state index in [1.807, 2.05) is 72.8 Å². The molecular formula is C50H26N4O2. The maximum atomic E-state index is 10.1. The number of hydrogen-bond donors (Lipinski definition) is 0. The Balaban J connectivity index is 1.02. The number of benzene rings is 8. The molecule has 0 N–H and O–H groups in total. The largest absolute Gasteiger partial charge is 0.456 e. The van der Waals surface area contributed by atoms with Gasteiger partial charge in [0.25, 0.3) is 0 Å². The number of fused-ring (bicyclic) bond motifs is 12. The predicted molar refractivity (Wildman–Crippen MR) is 226 cm³/mol. The van der Waals surface area contributed by atoms with Gasteiger partial charge in [0.15, 0.2) is 0 Å². The van der Waals surface area contributed by atoms with Gasteiger partial charge < -0.3 is 18.0 Å². The number of nitrogens with zero attached hydrogens (tertiary/aromatic N) is 4. The van der Waals surface area contributed by atoms with Gasteiger partial charge in [-0.25, -0.2) is 4.85 Å². The highest BCUT2D eigenvalue weighted by molar-refractivity contribution is 6.15. The van der Waals surface area contributed by atoms with Gasteiger partial charge in [-0.15, -0.1) is 0 Å². The Labute approximate surface area is 318 Å². The summed E-state index contributed by atoms with van der Waals surface area (Å²) in [6.07, 6.45) is 0. The molecule has 0 unspecified atom stereocenters. The van der Waals surface area contributed by atoms with Crippen molar-refractivity contribution in [3.63, 3.8) is 0 Å². The number of hydrogen-bond acceptors (Lipinski definition) is 3. The molecule has 258 valence electrons. The van der Waals surface area contributed by atoms with Gasteiger partial charge in [-0.1, -0.05) is 78.9 Å². The fourth-order valence-corrected chi connectivity index (χ4v) is 8.90. The van der Waals surface area contributed by atoms with Crippen LogP contribution in [-0.2, 0) is 0 Å². The van der Waals surface area contributed by atoms with Gasteiger partial charge in [0.1, 0.15) is 28.4 Å². The van der Waals surface area contributed by atoms with Crippen molar-refractivity contribution in [2.75, 3.05) is 0 Å². The van der Waals surface area contributed by atoms with Crippen molar-refractivity contribution >= 4 is 93.2 Å². The van der Waals surface area contributed by atoms with Crippen molar-refractivity contribution in [2.24, 2.45) is 0 Å². The average molecular weight is 715 g/mol. The zero-order chi connectivity index (χ0) is 37.1. The van der Waals surface area contributed by atoms with E-state index in [9.17, 15) is 5.26 Å². The zero-order valence-electron chi connectivity index (χ0n) is 29.6. The van der Waals surface area contributed by atoms with Crippen LogP contribution in [0.1, 0.15) is 5.56 Å². The van der Waals surface area contributed by atoms with Gasteiger partial charge in [0.2, 0.25) is 5.69 Å². The zero-order valence-corrected chi connectivity index (χ0v) is 29.6. The van der Waals surface area contributed by atoms with Crippen molar-refractivity contribution in [2.45, 2.75) is 0 Å². The molecule has 0 saturated carbocycles. The first-order valence-corrected chi connectivity index (χ1v) is 18.4. The minimum absolute atomic E-state index is 0.620. The monoisotopic (exact) mass is 714 g/mol. The molecule has 0 aliphatic heterocycles. The summed E-state index contributed by atoms with van der Waals surface area (Å²) in [6.45, 7) is 7.96. The third kappa shape index (κ3) is 4.13.